The van der Waals surface area contributed by atoms with E-state index in [-0.39, 0.29) is 11.3 Å². The van der Waals surface area contributed by atoms with Crippen molar-refractivity contribution in [2.45, 2.75) is 72.3 Å². The van der Waals surface area contributed by atoms with Gasteiger partial charge in [-0.1, -0.05) is 40.5 Å². The summed E-state index contributed by atoms with van der Waals surface area (Å²) in [5.74, 6) is 1.55. The second-order valence-corrected chi connectivity index (χ2v) is 7.14. The summed E-state index contributed by atoms with van der Waals surface area (Å²) in [4.78, 5) is 12.1. The highest BCUT2D eigenvalue weighted by Gasteiger charge is 2.28. The van der Waals surface area contributed by atoms with Gasteiger partial charge in [-0.15, -0.1) is 0 Å². The van der Waals surface area contributed by atoms with Gasteiger partial charge in [-0.3, -0.25) is 4.79 Å². The van der Waals surface area contributed by atoms with E-state index < -0.39 is 0 Å². The zero-order valence-electron chi connectivity index (χ0n) is 13.2. The largest absolute Gasteiger partial charge is 0.353 e. The summed E-state index contributed by atoms with van der Waals surface area (Å²) >= 11 is 0. The van der Waals surface area contributed by atoms with Crippen LogP contribution in [0, 0.1) is 17.3 Å². The second-order valence-electron chi connectivity index (χ2n) is 7.14. The van der Waals surface area contributed by atoms with Crippen molar-refractivity contribution in [2.75, 3.05) is 6.54 Å². The van der Waals surface area contributed by atoms with Gasteiger partial charge in [-0.2, -0.15) is 0 Å². The number of nitrogens with two attached hydrogens (primary N) is 1. The molecule has 0 saturated heterocycles. The first kappa shape index (κ1) is 16.5. The van der Waals surface area contributed by atoms with Gasteiger partial charge in [-0.25, -0.2) is 0 Å². The van der Waals surface area contributed by atoms with Crippen molar-refractivity contribution in [2.24, 2.45) is 23.0 Å². The standard InChI is InChI=1S/C16H32N2O/c1-12-6-5-7-14(13(12)2)18-15(19)8-9-16(3,4)10-11-17/h12-14H,5-11,17H2,1-4H3,(H,18,19). The first-order valence-corrected chi connectivity index (χ1v) is 7.85. The predicted molar refractivity (Wildman–Crippen MR) is 80.8 cm³/mol. The molecule has 0 heterocycles. The first-order chi connectivity index (χ1) is 8.85. The topological polar surface area (TPSA) is 55.1 Å². The van der Waals surface area contributed by atoms with E-state index in [1.807, 2.05) is 0 Å². The number of rotatable bonds is 6. The molecule has 0 aromatic rings. The van der Waals surface area contributed by atoms with Gasteiger partial charge in [0.2, 0.25) is 5.91 Å². The Kier molecular flexibility index (Phi) is 6.31. The van der Waals surface area contributed by atoms with E-state index in [1.165, 1.54) is 12.8 Å². The van der Waals surface area contributed by atoms with Crippen LogP contribution in [0.25, 0.3) is 0 Å². The summed E-state index contributed by atoms with van der Waals surface area (Å²) in [6, 6.07) is 0.383. The normalized spacial score (nSPS) is 28.2. The maximum absolute atomic E-state index is 12.1. The summed E-state index contributed by atoms with van der Waals surface area (Å²) < 4.78 is 0. The monoisotopic (exact) mass is 268 g/mol. The molecular weight excluding hydrogens is 236 g/mol. The molecule has 1 fully saturated rings. The van der Waals surface area contributed by atoms with Crippen LogP contribution >= 0.6 is 0 Å². The van der Waals surface area contributed by atoms with Gasteiger partial charge in [0.15, 0.2) is 0 Å². The first-order valence-electron chi connectivity index (χ1n) is 7.85. The van der Waals surface area contributed by atoms with Crippen LogP contribution in [0.2, 0.25) is 0 Å². The third kappa shape index (κ3) is 5.52. The van der Waals surface area contributed by atoms with E-state index in [4.69, 9.17) is 5.73 Å². The Hall–Kier alpha value is -0.570. The van der Waals surface area contributed by atoms with Crippen LogP contribution in [-0.4, -0.2) is 18.5 Å². The number of hydrogen-bond acceptors (Lipinski definition) is 2. The van der Waals surface area contributed by atoms with Gasteiger partial charge in [0.1, 0.15) is 0 Å². The molecule has 1 aliphatic carbocycles. The predicted octanol–water partition coefficient (Wildman–Crippen LogP) is 3.08. The van der Waals surface area contributed by atoms with Gasteiger partial charge in [0, 0.05) is 12.5 Å². The van der Waals surface area contributed by atoms with E-state index in [1.54, 1.807) is 0 Å². The third-order valence-electron chi connectivity index (χ3n) is 4.90. The van der Waals surface area contributed by atoms with Gasteiger partial charge in [0.25, 0.3) is 0 Å². The van der Waals surface area contributed by atoms with E-state index in [0.29, 0.717) is 24.9 Å². The zero-order chi connectivity index (χ0) is 14.5. The molecule has 0 bridgehead atoms. The molecule has 0 aliphatic heterocycles. The summed E-state index contributed by atoms with van der Waals surface area (Å²) in [5, 5.41) is 3.24. The fraction of sp³-hybridized carbons (Fsp3) is 0.938. The minimum atomic E-state index is 0.178. The van der Waals surface area contributed by atoms with Crippen LogP contribution in [-0.2, 0) is 4.79 Å². The lowest BCUT2D eigenvalue weighted by molar-refractivity contribution is -0.123. The Morgan fingerprint density at radius 3 is 2.58 bits per heavy atom. The van der Waals surface area contributed by atoms with Crippen molar-refractivity contribution in [3.05, 3.63) is 0 Å². The number of carbonyl (C=O) groups excluding carboxylic acids is 1. The van der Waals surface area contributed by atoms with Crippen LogP contribution in [0.3, 0.4) is 0 Å². The van der Waals surface area contributed by atoms with E-state index >= 15 is 0 Å². The van der Waals surface area contributed by atoms with Crippen molar-refractivity contribution in [1.82, 2.24) is 5.32 Å². The molecule has 0 aromatic carbocycles. The fourth-order valence-electron chi connectivity index (χ4n) is 3.03. The quantitative estimate of drug-likeness (QED) is 0.778. The molecule has 3 unspecified atom stereocenters. The van der Waals surface area contributed by atoms with Gasteiger partial charge in [-0.05, 0) is 43.1 Å². The molecule has 3 atom stereocenters. The van der Waals surface area contributed by atoms with Gasteiger partial charge < -0.3 is 11.1 Å². The number of carbonyl (C=O) groups is 1. The highest BCUT2D eigenvalue weighted by Crippen LogP contribution is 2.30. The van der Waals surface area contributed by atoms with Crippen LogP contribution in [0.5, 0.6) is 0 Å². The summed E-state index contributed by atoms with van der Waals surface area (Å²) in [6.45, 7) is 9.66. The fourth-order valence-corrected chi connectivity index (χ4v) is 3.03. The number of hydrogen-bond donors (Lipinski definition) is 2. The molecule has 0 spiro atoms. The molecule has 0 radical (unpaired) electrons. The highest BCUT2D eigenvalue weighted by molar-refractivity contribution is 5.76. The number of amides is 1. The second kappa shape index (κ2) is 7.28. The molecule has 1 rings (SSSR count). The minimum absolute atomic E-state index is 0.178. The van der Waals surface area contributed by atoms with Crippen LogP contribution in [0.15, 0.2) is 0 Å². The molecule has 0 aromatic heterocycles. The molecule has 3 N–H and O–H groups in total. The average molecular weight is 268 g/mol. The van der Waals surface area contributed by atoms with Crippen molar-refractivity contribution in [3.8, 4) is 0 Å². The third-order valence-corrected chi connectivity index (χ3v) is 4.90. The van der Waals surface area contributed by atoms with E-state index in [0.717, 1.165) is 25.2 Å². The van der Waals surface area contributed by atoms with Crippen LogP contribution in [0.4, 0.5) is 0 Å². The summed E-state index contributed by atoms with van der Waals surface area (Å²) in [6.07, 6.45) is 6.23. The molecule has 3 nitrogen and oxygen atoms in total. The molecule has 19 heavy (non-hydrogen) atoms. The lowest BCUT2D eigenvalue weighted by Crippen LogP contribution is -2.43. The van der Waals surface area contributed by atoms with Crippen LogP contribution < -0.4 is 11.1 Å². The zero-order valence-corrected chi connectivity index (χ0v) is 13.2. The van der Waals surface area contributed by atoms with Gasteiger partial charge >= 0.3 is 0 Å². The van der Waals surface area contributed by atoms with Crippen molar-refractivity contribution < 1.29 is 4.79 Å². The smallest absolute Gasteiger partial charge is 0.220 e. The molecule has 1 amide bonds. The van der Waals surface area contributed by atoms with E-state index in [9.17, 15) is 4.79 Å². The Morgan fingerprint density at radius 2 is 1.95 bits per heavy atom. The SMILES string of the molecule is CC1CCCC(NC(=O)CCC(C)(C)CCN)C1C. The minimum Gasteiger partial charge on any atom is -0.353 e. The van der Waals surface area contributed by atoms with E-state index in [2.05, 4.69) is 33.0 Å². The Labute approximate surface area is 118 Å². The van der Waals surface area contributed by atoms with Crippen LogP contribution in [0.1, 0.15) is 66.2 Å². The highest BCUT2D eigenvalue weighted by atomic mass is 16.1. The maximum atomic E-state index is 12.1. The maximum Gasteiger partial charge on any atom is 0.220 e. The Morgan fingerprint density at radius 1 is 1.26 bits per heavy atom. The molecular formula is C16H32N2O. The average Bonchev–Trinajstić information content (AvgIpc) is 2.33. The molecule has 1 aliphatic rings. The molecule has 1 saturated carbocycles. The van der Waals surface area contributed by atoms with Crippen molar-refractivity contribution in [1.29, 1.82) is 0 Å². The lowest BCUT2D eigenvalue weighted by atomic mass is 9.78. The summed E-state index contributed by atoms with van der Waals surface area (Å²) in [7, 11) is 0. The lowest BCUT2D eigenvalue weighted by Gasteiger charge is -2.35. The molecule has 112 valence electrons. The van der Waals surface area contributed by atoms with Crippen molar-refractivity contribution >= 4 is 5.91 Å². The Bertz CT molecular complexity index is 288. The summed E-state index contributed by atoms with van der Waals surface area (Å²) in [5.41, 5.74) is 5.78. The number of nitrogens with one attached hydrogen (secondary N) is 1. The Balaban J connectivity index is 2.34. The molecule has 3 heteroatoms. The van der Waals surface area contributed by atoms with Crippen molar-refractivity contribution in [3.63, 3.8) is 0 Å². The van der Waals surface area contributed by atoms with Gasteiger partial charge in [0.05, 0.1) is 0 Å².